The lowest BCUT2D eigenvalue weighted by Crippen LogP contribution is -2.37. The van der Waals surface area contributed by atoms with Crippen LogP contribution in [0.4, 0.5) is 0 Å². The minimum Gasteiger partial charge on any atom is -0.393 e. The van der Waals surface area contributed by atoms with Gasteiger partial charge in [-0.05, 0) is 39.7 Å². The van der Waals surface area contributed by atoms with Crippen molar-refractivity contribution in [2.24, 2.45) is 0 Å². The summed E-state index contributed by atoms with van der Waals surface area (Å²) in [5, 5.41) is 9.69. The number of aromatic nitrogens is 2. The Morgan fingerprint density at radius 1 is 1.42 bits per heavy atom. The number of rotatable bonds is 5. The van der Waals surface area contributed by atoms with Crippen molar-refractivity contribution in [3.63, 3.8) is 0 Å². The Labute approximate surface area is 116 Å². The fourth-order valence-electron chi connectivity index (χ4n) is 3.07. The highest BCUT2D eigenvalue weighted by molar-refractivity contribution is 4.93. The third-order valence-electron chi connectivity index (χ3n) is 4.10. The summed E-state index contributed by atoms with van der Waals surface area (Å²) in [6.07, 6.45) is 9.69. The molecule has 108 valence electrons. The third kappa shape index (κ3) is 4.05. The Kier molecular flexibility index (Phi) is 5.40. The minimum atomic E-state index is -0.212. The summed E-state index contributed by atoms with van der Waals surface area (Å²) in [6.45, 7) is 7.08. The molecule has 0 radical (unpaired) electrons. The zero-order valence-electron chi connectivity index (χ0n) is 12.3. The van der Waals surface area contributed by atoms with E-state index in [1.165, 1.54) is 25.7 Å². The molecule has 0 aromatic carbocycles. The molecule has 4 heteroatoms. The van der Waals surface area contributed by atoms with Crippen LogP contribution < -0.4 is 0 Å². The van der Waals surface area contributed by atoms with Crippen molar-refractivity contribution in [1.82, 2.24) is 14.5 Å². The number of hydrogen-bond acceptors (Lipinski definition) is 3. The molecular weight excluding hydrogens is 238 g/mol. The van der Waals surface area contributed by atoms with E-state index in [-0.39, 0.29) is 6.10 Å². The lowest BCUT2D eigenvalue weighted by atomic mass is 10.0. The van der Waals surface area contributed by atoms with Crippen LogP contribution in [0.1, 0.15) is 51.8 Å². The summed E-state index contributed by atoms with van der Waals surface area (Å²) in [5.74, 6) is 1.15. The molecule has 2 heterocycles. The van der Waals surface area contributed by atoms with Crippen LogP contribution in [0.5, 0.6) is 0 Å². The Morgan fingerprint density at radius 3 is 3.00 bits per heavy atom. The van der Waals surface area contributed by atoms with Gasteiger partial charge in [0.1, 0.15) is 5.82 Å². The van der Waals surface area contributed by atoms with Gasteiger partial charge in [-0.3, -0.25) is 4.90 Å². The van der Waals surface area contributed by atoms with Gasteiger partial charge in [0.05, 0.1) is 12.6 Å². The van der Waals surface area contributed by atoms with Gasteiger partial charge in [0, 0.05) is 25.0 Å². The van der Waals surface area contributed by atoms with Crippen LogP contribution in [0.2, 0.25) is 0 Å². The van der Waals surface area contributed by atoms with Gasteiger partial charge in [-0.1, -0.05) is 12.8 Å². The topological polar surface area (TPSA) is 41.3 Å². The van der Waals surface area contributed by atoms with E-state index in [9.17, 15) is 5.11 Å². The summed E-state index contributed by atoms with van der Waals surface area (Å²) >= 11 is 0. The van der Waals surface area contributed by atoms with Crippen LogP contribution in [-0.2, 0) is 13.1 Å². The van der Waals surface area contributed by atoms with Gasteiger partial charge in [-0.15, -0.1) is 0 Å². The first-order chi connectivity index (χ1) is 9.20. The summed E-state index contributed by atoms with van der Waals surface area (Å²) in [5.41, 5.74) is 0. The predicted molar refractivity (Wildman–Crippen MR) is 76.9 cm³/mol. The molecule has 1 aliphatic rings. The van der Waals surface area contributed by atoms with E-state index in [1.807, 2.05) is 13.1 Å². The Bertz CT molecular complexity index is 375. The van der Waals surface area contributed by atoms with E-state index >= 15 is 0 Å². The molecule has 0 aliphatic carbocycles. The highest BCUT2D eigenvalue weighted by atomic mass is 16.3. The van der Waals surface area contributed by atoms with E-state index < -0.39 is 0 Å². The number of nitrogens with zero attached hydrogens (tertiary/aromatic N) is 3. The van der Waals surface area contributed by atoms with Crippen LogP contribution in [0, 0.1) is 0 Å². The van der Waals surface area contributed by atoms with E-state index in [0.29, 0.717) is 6.04 Å². The van der Waals surface area contributed by atoms with Crippen molar-refractivity contribution in [2.45, 2.75) is 71.2 Å². The molecule has 1 saturated heterocycles. The fourth-order valence-corrected chi connectivity index (χ4v) is 3.07. The maximum absolute atomic E-state index is 9.69. The van der Waals surface area contributed by atoms with Crippen LogP contribution in [0.25, 0.3) is 0 Å². The zero-order chi connectivity index (χ0) is 13.7. The average molecular weight is 265 g/mol. The maximum atomic E-state index is 9.69. The number of likely N-dealkylation sites (tertiary alicyclic amines) is 1. The minimum absolute atomic E-state index is 0.212. The molecule has 1 fully saturated rings. The van der Waals surface area contributed by atoms with Crippen molar-refractivity contribution in [1.29, 1.82) is 0 Å². The molecule has 1 aromatic heterocycles. The second-order valence-corrected chi connectivity index (χ2v) is 5.69. The molecule has 1 aliphatic heterocycles. The second kappa shape index (κ2) is 7.06. The van der Waals surface area contributed by atoms with Gasteiger partial charge >= 0.3 is 0 Å². The lowest BCUT2D eigenvalue weighted by molar-refractivity contribution is 0.106. The Morgan fingerprint density at radius 2 is 2.26 bits per heavy atom. The predicted octanol–water partition coefficient (Wildman–Crippen LogP) is 2.42. The van der Waals surface area contributed by atoms with Crippen molar-refractivity contribution < 1.29 is 5.11 Å². The number of hydrogen-bond donors (Lipinski definition) is 1. The number of aryl methyl sites for hydroxylation is 1. The summed E-state index contributed by atoms with van der Waals surface area (Å²) in [6, 6.07) is 0.504. The molecule has 2 atom stereocenters. The highest BCUT2D eigenvalue weighted by Gasteiger charge is 2.23. The van der Waals surface area contributed by atoms with Gasteiger partial charge in [0.25, 0.3) is 0 Å². The molecular formula is C15H27N3O. The van der Waals surface area contributed by atoms with E-state index in [4.69, 9.17) is 0 Å². The molecule has 0 saturated carbocycles. The van der Waals surface area contributed by atoms with Crippen LogP contribution in [-0.4, -0.2) is 38.2 Å². The molecule has 19 heavy (non-hydrogen) atoms. The standard InChI is InChI=1S/C15H27N3O/c1-3-17-10-8-16-15(17)12-18-9-6-4-5-7-14(18)11-13(2)19/h8,10,13-14,19H,3-7,9,11-12H2,1-2H3. The first-order valence-corrected chi connectivity index (χ1v) is 7.62. The maximum Gasteiger partial charge on any atom is 0.122 e. The monoisotopic (exact) mass is 265 g/mol. The Balaban J connectivity index is 2.05. The van der Waals surface area contributed by atoms with E-state index in [1.54, 1.807) is 0 Å². The van der Waals surface area contributed by atoms with Gasteiger partial charge in [-0.25, -0.2) is 4.98 Å². The largest absolute Gasteiger partial charge is 0.393 e. The number of aliphatic hydroxyl groups is 1. The van der Waals surface area contributed by atoms with Crippen molar-refractivity contribution in [3.8, 4) is 0 Å². The van der Waals surface area contributed by atoms with Gasteiger partial charge in [-0.2, -0.15) is 0 Å². The summed E-state index contributed by atoms with van der Waals surface area (Å²) < 4.78 is 2.21. The molecule has 0 amide bonds. The molecule has 0 bridgehead atoms. The average Bonchev–Trinajstić information content (AvgIpc) is 2.71. The summed E-state index contributed by atoms with van der Waals surface area (Å²) in [7, 11) is 0. The number of imidazole rings is 1. The third-order valence-corrected chi connectivity index (χ3v) is 4.10. The SMILES string of the molecule is CCn1ccnc1CN1CCCCCC1CC(C)O. The smallest absolute Gasteiger partial charge is 0.122 e. The lowest BCUT2D eigenvalue weighted by Gasteiger charge is -2.30. The highest BCUT2D eigenvalue weighted by Crippen LogP contribution is 2.22. The molecule has 4 nitrogen and oxygen atoms in total. The molecule has 2 unspecified atom stereocenters. The van der Waals surface area contributed by atoms with Crippen molar-refractivity contribution in [3.05, 3.63) is 18.2 Å². The zero-order valence-corrected chi connectivity index (χ0v) is 12.3. The normalized spacial score (nSPS) is 23.2. The van der Waals surface area contributed by atoms with Crippen LogP contribution in [0.15, 0.2) is 12.4 Å². The molecule has 2 rings (SSSR count). The molecule has 0 spiro atoms. The number of aliphatic hydroxyl groups excluding tert-OH is 1. The van der Waals surface area contributed by atoms with Gasteiger partial charge in [0.15, 0.2) is 0 Å². The quantitative estimate of drug-likeness (QED) is 0.889. The van der Waals surface area contributed by atoms with Crippen LogP contribution in [0.3, 0.4) is 0 Å². The second-order valence-electron chi connectivity index (χ2n) is 5.69. The summed E-state index contributed by atoms with van der Waals surface area (Å²) in [4.78, 5) is 7.01. The van der Waals surface area contributed by atoms with Crippen LogP contribution >= 0.6 is 0 Å². The van der Waals surface area contributed by atoms with Gasteiger partial charge in [0.2, 0.25) is 0 Å². The van der Waals surface area contributed by atoms with E-state index in [2.05, 4.69) is 27.6 Å². The Hall–Kier alpha value is -0.870. The first-order valence-electron chi connectivity index (χ1n) is 7.62. The van der Waals surface area contributed by atoms with Crippen molar-refractivity contribution in [2.75, 3.05) is 6.54 Å². The molecule has 1 aromatic rings. The first kappa shape index (κ1) is 14.5. The van der Waals surface area contributed by atoms with Gasteiger partial charge < -0.3 is 9.67 Å². The fraction of sp³-hybridized carbons (Fsp3) is 0.800. The van der Waals surface area contributed by atoms with E-state index in [0.717, 1.165) is 31.9 Å². The molecule has 1 N–H and O–H groups in total. The van der Waals surface area contributed by atoms with Crippen molar-refractivity contribution >= 4 is 0 Å².